The topological polar surface area (TPSA) is 62.6 Å². The molecule has 0 bridgehead atoms. The second-order valence-electron chi connectivity index (χ2n) is 6.77. The van der Waals surface area contributed by atoms with Gasteiger partial charge in [0.1, 0.15) is 11.1 Å². The number of nitrogens with zero attached hydrogens (tertiary/aromatic N) is 1. The lowest BCUT2D eigenvalue weighted by Gasteiger charge is -2.34. The molecule has 0 saturated carbocycles. The molecule has 0 unspecified atom stereocenters. The van der Waals surface area contributed by atoms with Crippen LogP contribution in [0.2, 0.25) is 0 Å². The summed E-state index contributed by atoms with van der Waals surface area (Å²) in [5, 5.41) is 3.66. The van der Waals surface area contributed by atoms with Crippen molar-refractivity contribution >= 4 is 16.9 Å². The maximum absolute atomic E-state index is 12.3. The number of nitrogens with one attached hydrogen (secondary N) is 1. The van der Waals surface area contributed by atoms with Crippen LogP contribution in [0.25, 0.3) is 11.0 Å². The highest BCUT2D eigenvalue weighted by molar-refractivity contribution is 5.96. The molecule has 1 N–H and O–H groups in total. The van der Waals surface area contributed by atoms with Crippen molar-refractivity contribution in [2.75, 3.05) is 19.6 Å². The summed E-state index contributed by atoms with van der Waals surface area (Å²) in [6.45, 7) is 7.16. The van der Waals surface area contributed by atoms with E-state index in [0.717, 1.165) is 31.3 Å². The van der Waals surface area contributed by atoms with Crippen molar-refractivity contribution < 1.29 is 9.21 Å². The van der Waals surface area contributed by atoms with E-state index in [9.17, 15) is 9.59 Å². The van der Waals surface area contributed by atoms with Crippen molar-refractivity contribution in [3.63, 3.8) is 0 Å². The average molecular weight is 328 g/mol. The number of benzene rings is 1. The van der Waals surface area contributed by atoms with Crippen LogP contribution in [0.15, 0.2) is 39.5 Å². The molecule has 2 heterocycles. The van der Waals surface area contributed by atoms with Crippen LogP contribution in [0, 0.1) is 5.92 Å². The molecule has 1 aromatic carbocycles. The van der Waals surface area contributed by atoms with Crippen LogP contribution in [0.1, 0.15) is 37.0 Å². The first-order valence-electron chi connectivity index (χ1n) is 8.59. The van der Waals surface area contributed by atoms with Crippen molar-refractivity contribution in [2.45, 2.75) is 32.7 Å². The Morgan fingerprint density at radius 1 is 1.29 bits per heavy atom. The fourth-order valence-electron chi connectivity index (χ4n) is 3.23. The van der Waals surface area contributed by atoms with Crippen molar-refractivity contribution in [1.82, 2.24) is 10.2 Å². The molecular formula is C19H24N2O3. The molecule has 3 rings (SSSR count). The van der Waals surface area contributed by atoms with Gasteiger partial charge in [0, 0.05) is 18.0 Å². The van der Waals surface area contributed by atoms with Gasteiger partial charge in [-0.3, -0.25) is 4.79 Å². The number of para-hydroxylation sites is 1. The normalized spacial score (nSPS) is 16.6. The third kappa shape index (κ3) is 3.67. The Labute approximate surface area is 141 Å². The molecule has 128 valence electrons. The largest absolute Gasteiger partial charge is 0.422 e. The van der Waals surface area contributed by atoms with Crippen LogP contribution < -0.4 is 10.9 Å². The lowest BCUT2D eigenvalue weighted by atomic mass is 9.96. The molecule has 2 aromatic rings. The highest BCUT2D eigenvalue weighted by atomic mass is 16.4. The number of hydrogen-bond donors (Lipinski definition) is 1. The molecular weight excluding hydrogens is 304 g/mol. The predicted octanol–water partition coefficient (Wildman–Crippen LogP) is 2.64. The smallest absolute Gasteiger partial charge is 0.349 e. The highest BCUT2D eigenvalue weighted by Gasteiger charge is 2.22. The fraction of sp³-hybridized carbons (Fsp3) is 0.474. The number of carbonyl (C=O) groups excluding carboxylic acids is 1. The number of likely N-dealkylation sites (tertiary alicyclic amines) is 1. The number of hydrogen-bond acceptors (Lipinski definition) is 4. The van der Waals surface area contributed by atoms with Crippen LogP contribution in [-0.4, -0.2) is 36.5 Å². The minimum Gasteiger partial charge on any atom is -0.422 e. The average Bonchev–Trinajstić information content (AvgIpc) is 2.59. The van der Waals surface area contributed by atoms with Gasteiger partial charge < -0.3 is 14.6 Å². The van der Waals surface area contributed by atoms with E-state index in [-0.39, 0.29) is 11.5 Å². The molecule has 0 atom stereocenters. The third-order valence-corrected chi connectivity index (χ3v) is 4.82. The minimum atomic E-state index is -0.583. The maximum Gasteiger partial charge on any atom is 0.349 e. The zero-order chi connectivity index (χ0) is 17.1. The Balaban J connectivity index is 1.62. The number of amides is 1. The molecule has 1 amide bonds. The van der Waals surface area contributed by atoms with Gasteiger partial charge in [0.05, 0.1) is 0 Å². The fourth-order valence-corrected chi connectivity index (χ4v) is 3.23. The van der Waals surface area contributed by atoms with Gasteiger partial charge in [0.15, 0.2) is 0 Å². The predicted molar refractivity (Wildman–Crippen MR) is 94.3 cm³/mol. The van der Waals surface area contributed by atoms with E-state index in [1.165, 1.54) is 0 Å². The van der Waals surface area contributed by atoms with Crippen LogP contribution in [0.3, 0.4) is 0 Å². The van der Waals surface area contributed by atoms with Gasteiger partial charge in [-0.15, -0.1) is 0 Å². The molecule has 1 aromatic heterocycles. The van der Waals surface area contributed by atoms with Crippen LogP contribution >= 0.6 is 0 Å². The Kier molecular flexibility index (Phi) is 5.00. The van der Waals surface area contributed by atoms with Crippen molar-refractivity contribution in [2.24, 2.45) is 5.92 Å². The molecule has 0 spiro atoms. The quantitative estimate of drug-likeness (QED) is 0.877. The maximum atomic E-state index is 12.3. The second-order valence-corrected chi connectivity index (χ2v) is 6.77. The molecule has 1 fully saturated rings. The van der Waals surface area contributed by atoms with Crippen molar-refractivity contribution in [1.29, 1.82) is 0 Å². The highest BCUT2D eigenvalue weighted by Crippen LogP contribution is 2.18. The number of piperidine rings is 1. The van der Waals surface area contributed by atoms with E-state index in [4.69, 9.17) is 4.42 Å². The van der Waals surface area contributed by atoms with Gasteiger partial charge in [-0.1, -0.05) is 18.2 Å². The van der Waals surface area contributed by atoms with Gasteiger partial charge >= 0.3 is 5.63 Å². The van der Waals surface area contributed by atoms with Crippen molar-refractivity contribution in [3.05, 3.63) is 46.3 Å². The molecule has 5 nitrogen and oxygen atoms in total. The molecule has 5 heteroatoms. The summed E-state index contributed by atoms with van der Waals surface area (Å²) in [4.78, 5) is 26.8. The van der Waals surface area contributed by atoms with Crippen LogP contribution in [0.5, 0.6) is 0 Å². The molecule has 1 aliphatic heterocycles. The summed E-state index contributed by atoms with van der Waals surface area (Å²) in [7, 11) is 0. The summed E-state index contributed by atoms with van der Waals surface area (Å²) in [5.41, 5.74) is -0.00532. The van der Waals surface area contributed by atoms with Gasteiger partial charge in [-0.25, -0.2) is 4.79 Å². The van der Waals surface area contributed by atoms with Crippen LogP contribution in [-0.2, 0) is 0 Å². The van der Waals surface area contributed by atoms with E-state index in [2.05, 4.69) is 24.1 Å². The van der Waals surface area contributed by atoms with Gasteiger partial charge in [-0.05, 0) is 57.8 Å². The zero-order valence-corrected chi connectivity index (χ0v) is 14.2. The summed E-state index contributed by atoms with van der Waals surface area (Å²) in [6, 6.07) is 9.39. The summed E-state index contributed by atoms with van der Waals surface area (Å²) >= 11 is 0. The number of rotatable bonds is 4. The third-order valence-electron chi connectivity index (χ3n) is 4.82. The molecule has 0 aliphatic carbocycles. The lowest BCUT2D eigenvalue weighted by molar-refractivity contribution is 0.0926. The SMILES string of the molecule is CC(C)N1CCC(CNC(=O)c2cc3ccccc3oc2=O)CC1. The zero-order valence-electron chi connectivity index (χ0n) is 14.2. The molecule has 0 radical (unpaired) electrons. The van der Waals surface area contributed by atoms with E-state index in [0.29, 0.717) is 24.1 Å². The molecule has 1 aliphatic rings. The van der Waals surface area contributed by atoms with E-state index >= 15 is 0 Å². The Morgan fingerprint density at radius 3 is 2.71 bits per heavy atom. The van der Waals surface area contributed by atoms with E-state index in [1.54, 1.807) is 18.2 Å². The van der Waals surface area contributed by atoms with E-state index in [1.807, 2.05) is 12.1 Å². The number of carbonyl (C=O) groups is 1. The monoisotopic (exact) mass is 328 g/mol. The summed E-state index contributed by atoms with van der Waals surface area (Å²) in [6.07, 6.45) is 2.15. The first kappa shape index (κ1) is 16.7. The van der Waals surface area contributed by atoms with Crippen molar-refractivity contribution in [3.8, 4) is 0 Å². The van der Waals surface area contributed by atoms with Gasteiger partial charge in [0.2, 0.25) is 0 Å². The number of fused-ring (bicyclic) bond motifs is 1. The Hall–Kier alpha value is -2.14. The first-order valence-corrected chi connectivity index (χ1v) is 8.59. The minimum absolute atomic E-state index is 0.0771. The van der Waals surface area contributed by atoms with Gasteiger partial charge in [0.25, 0.3) is 5.91 Å². The molecule has 1 saturated heterocycles. The van der Waals surface area contributed by atoms with Gasteiger partial charge in [-0.2, -0.15) is 0 Å². The Bertz CT molecular complexity index is 774. The van der Waals surface area contributed by atoms with E-state index < -0.39 is 5.63 Å². The lowest BCUT2D eigenvalue weighted by Crippen LogP contribution is -2.42. The first-order chi connectivity index (χ1) is 11.5. The standard InChI is InChI=1S/C19H24N2O3/c1-13(2)21-9-7-14(8-10-21)12-20-18(22)16-11-15-5-3-4-6-17(15)24-19(16)23/h3-6,11,13-14H,7-10,12H2,1-2H3,(H,20,22). The molecule has 24 heavy (non-hydrogen) atoms. The Morgan fingerprint density at radius 2 is 2.00 bits per heavy atom. The summed E-state index contributed by atoms with van der Waals surface area (Å²) < 4.78 is 5.22. The van der Waals surface area contributed by atoms with Crippen LogP contribution in [0.4, 0.5) is 0 Å². The second kappa shape index (κ2) is 7.18. The summed E-state index contributed by atoms with van der Waals surface area (Å²) in [5.74, 6) is 0.122.